The molecule has 19 heavy (non-hydrogen) atoms. The highest BCUT2D eigenvalue weighted by Gasteiger charge is 2.21. The summed E-state index contributed by atoms with van der Waals surface area (Å²) >= 11 is 0. The van der Waals surface area contributed by atoms with Crippen molar-refractivity contribution in [3.63, 3.8) is 0 Å². The molecule has 0 heterocycles. The summed E-state index contributed by atoms with van der Waals surface area (Å²) in [7, 11) is 0. The summed E-state index contributed by atoms with van der Waals surface area (Å²) in [4.78, 5) is 23.0. The Morgan fingerprint density at radius 1 is 1.26 bits per heavy atom. The van der Waals surface area contributed by atoms with Gasteiger partial charge in [0.1, 0.15) is 0 Å². The van der Waals surface area contributed by atoms with E-state index in [0.29, 0.717) is 13.2 Å². The molecule has 1 aromatic rings. The van der Waals surface area contributed by atoms with E-state index in [1.54, 1.807) is 12.1 Å². The van der Waals surface area contributed by atoms with Crippen LogP contribution in [-0.4, -0.2) is 35.7 Å². The van der Waals surface area contributed by atoms with Crippen LogP contribution in [0, 0.1) is 0 Å². The number of hydrogen-bond acceptors (Lipinski definition) is 3. The quantitative estimate of drug-likeness (QED) is 0.824. The second-order valence-corrected chi connectivity index (χ2v) is 4.73. The lowest BCUT2D eigenvalue weighted by molar-refractivity contribution is -0.00815. The largest absolute Gasteiger partial charge is 0.478 e. The molecule has 5 nitrogen and oxygen atoms in total. The van der Waals surface area contributed by atoms with Crippen LogP contribution in [0.1, 0.15) is 41.5 Å². The van der Waals surface area contributed by atoms with E-state index in [2.05, 4.69) is 5.32 Å². The fourth-order valence-electron chi connectivity index (χ4n) is 1.70. The summed E-state index contributed by atoms with van der Waals surface area (Å²) in [6.45, 7) is 6.46. The van der Waals surface area contributed by atoms with Crippen molar-refractivity contribution in [1.29, 1.82) is 0 Å². The topological polar surface area (TPSA) is 75.6 Å². The first-order valence-corrected chi connectivity index (χ1v) is 6.12. The third-order valence-electron chi connectivity index (χ3n) is 2.61. The minimum Gasteiger partial charge on any atom is -0.478 e. The predicted octanol–water partition coefficient (Wildman–Crippen LogP) is 1.93. The van der Waals surface area contributed by atoms with Gasteiger partial charge in [0.25, 0.3) is 5.91 Å². The highest BCUT2D eigenvalue weighted by Crippen LogP contribution is 2.11. The second kappa shape index (κ2) is 6.33. The van der Waals surface area contributed by atoms with E-state index < -0.39 is 17.5 Å². The molecule has 0 aliphatic carbocycles. The first-order valence-electron chi connectivity index (χ1n) is 6.12. The minimum absolute atomic E-state index is 0.00536. The van der Waals surface area contributed by atoms with E-state index in [4.69, 9.17) is 9.84 Å². The molecule has 0 aliphatic rings. The number of aromatic carboxylic acids is 1. The maximum Gasteiger partial charge on any atom is 0.336 e. The third kappa shape index (κ3) is 4.37. The molecule has 0 aromatic heterocycles. The zero-order valence-electron chi connectivity index (χ0n) is 11.4. The molecular formula is C14H19NO4. The summed E-state index contributed by atoms with van der Waals surface area (Å²) in [5, 5.41) is 11.7. The number of benzene rings is 1. The third-order valence-corrected chi connectivity index (χ3v) is 2.61. The maximum absolute atomic E-state index is 12.0. The Labute approximate surface area is 112 Å². The number of ether oxygens (including phenoxy) is 1. The summed E-state index contributed by atoms with van der Waals surface area (Å²) in [6, 6.07) is 6.12. The molecule has 0 saturated carbocycles. The standard InChI is InChI=1S/C14H19NO4/c1-4-19-14(2,3)9-15-12(16)10-7-5-6-8-11(10)13(17)18/h5-8H,4,9H2,1-3H3,(H,15,16)(H,17,18). The molecule has 1 rings (SSSR count). The van der Waals surface area contributed by atoms with Crippen LogP contribution in [0.15, 0.2) is 24.3 Å². The molecule has 0 saturated heterocycles. The van der Waals surface area contributed by atoms with Gasteiger partial charge in [-0.2, -0.15) is 0 Å². The van der Waals surface area contributed by atoms with E-state index in [1.807, 2.05) is 20.8 Å². The van der Waals surface area contributed by atoms with Gasteiger partial charge in [0.05, 0.1) is 16.7 Å². The van der Waals surface area contributed by atoms with Crippen LogP contribution in [-0.2, 0) is 4.74 Å². The van der Waals surface area contributed by atoms with Gasteiger partial charge in [0, 0.05) is 13.2 Å². The van der Waals surface area contributed by atoms with Crippen molar-refractivity contribution in [2.45, 2.75) is 26.4 Å². The van der Waals surface area contributed by atoms with Gasteiger partial charge in [-0.15, -0.1) is 0 Å². The summed E-state index contributed by atoms with van der Waals surface area (Å²) in [6.07, 6.45) is 0. The highest BCUT2D eigenvalue weighted by molar-refractivity contribution is 6.04. The zero-order valence-corrected chi connectivity index (χ0v) is 11.4. The van der Waals surface area contributed by atoms with Gasteiger partial charge in [-0.05, 0) is 32.9 Å². The molecule has 0 bridgehead atoms. The number of hydrogen-bond donors (Lipinski definition) is 2. The van der Waals surface area contributed by atoms with Gasteiger partial charge >= 0.3 is 5.97 Å². The van der Waals surface area contributed by atoms with Gasteiger partial charge in [0.15, 0.2) is 0 Å². The zero-order chi connectivity index (χ0) is 14.5. The summed E-state index contributed by atoms with van der Waals surface area (Å²) < 4.78 is 5.46. The Balaban J connectivity index is 2.77. The van der Waals surface area contributed by atoms with Crippen molar-refractivity contribution in [2.75, 3.05) is 13.2 Å². The molecule has 0 fully saturated rings. The minimum atomic E-state index is -1.12. The van der Waals surface area contributed by atoms with Crippen LogP contribution < -0.4 is 5.32 Å². The number of carbonyl (C=O) groups excluding carboxylic acids is 1. The Morgan fingerprint density at radius 2 is 1.84 bits per heavy atom. The number of rotatable bonds is 6. The molecule has 0 radical (unpaired) electrons. The number of carboxylic acid groups (broad SMARTS) is 1. The van der Waals surface area contributed by atoms with Crippen molar-refractivity contribution in [3.05, 3.63) is 35.4 Å². The van der Waals surface area contributed by atoms with Crippen molar-refractivity contribution in [1.82, 2.24) is 5.32 Å². The molecule has 0 unspecified atom stereocenters. The maximum atomic E-state index is 12.0. The van der Waals surface area contributed by atoms with Crippen molar-refractivity contribution < 1.29 is 19.4 Å². The molecule has 0 aliphatic heterocycles. The SMILES string of the molecule is CCOC(C)(C)CNC(=O)c1ccccc1C(=O)O. The van der Waals surface area contributed by atoms with E-state index in [9.17, 15) is 9.59 Å². The monoisotopic (exact) mass is 265 g/mol. The number of carbonyl (C=O) groups is 2. The molecule has 0 spiro atoms. The normalized spacial score (nSPS) is 11.1. The van der Waals surface area contributed by atoms with E-state index >= 15 is 0 Å². The van der Waals surface area contributed by atoms with Gasteiger partial charge in [-0.25, -0.2) is 4.79 Å². The molecule has 1 amide bonds. The van der Waals surface area contributed by atoms with Crippen molar-refractivity contribution in [2.24, 2.45) is 0 Å². The lowest BCUT2D eigenvalue weighted by Gasteiger charge is -2.25. The highest BCUT2D eigenvalue weighted by atomic mass is 16.5. The lowest BCUT2D eigenvalue weighted by atomic mass is 10.1. The first-order chi connectivity index (χ1) is 8.87. The van der Waals surface area contributed by atoms with Crippen LogP contribution in [0.2, 0.25) is 0 Å². The molecule has 1 aromatic carbocycles. The van der Waals surface area contributed by atoms with Crippen LogP contribution in [0.25, 0.3) is 0 Å². The average Bonchev–Trinajstić information content (AvgIpc) is 2.36. The molecule has 2 N–H and O–H groups in total. The van der Waals surface area contributed by atoms with Gasteiger partial charge in [0.2, 0.25) is 0 Å². The first kappa shape index (κ1) is 15.2. The van der Waals surface area contributed by atoms with Gasteiger partial charge in [-0.1, -0.05) is 12.1 Å². The molecular weight excluding hydrogens is 246 g/mol. The van der Waals surface area contributed by atoms with Crippen LogP contribution in [0.5, 0.6) is 0 Å². The Morgan fingerprint density at radius 3 is 2.37 bits per heavy atom. The van der Waals surface area contributed by atoms with E-state index in [0.717, 1.165) is 0 Å². The smallest absolute Gasteiger partial charge is 0.336 e. The molecule has 104 valence electrons. The predicted molar refractivity (Wildman–Crippen MR) is 71.4 cm³/mol. The lowest BCUT2D eigenvalue weighted by Crippen LogP contribution is -2.40. The fraction of sp³-hybridized carbons (Fsp3) is 0.429. The number of nitrogens with one attached hydrogen (secondary N) is 1. The van der Waals surface area contributed by atoms with E-state index in [-0.39, 0.29) is 11.1 Å². The van der Waals surface area contributed by atoms with Gasteiger partial charge < -0.3 is 15.2 Å². The van der Waals surface area contributed by atoms with Crippen molar-refractivity contribution in [3.8, 4) is 0 Å². The number of carboxylic acids is 1. The van der Waals surface area contributed by atoms with Crippen LogP contribution >= 0.6 is 0 Å². The van der Waals surface area contributed by atoms with E-state index in [1.165, 1.54) is 12.1 Å². The Hall–Kier alpha value is -1.88. The molecule has 5 heteroatoms. The molecule has 0 atom stereocenters. The Kier molecular flexibility index (Phi) is 5.06. The fourth-order valence-corrected chi connectivity index (χ4v) is 1.70. The Bertz CT molecular complexity index is 468. The second-order valence-electron chi connectivity index (χ2n) is 4.73. The van der Waals surface area contributed by atoms with Gasteiger partial charge in [-0.3, -0.25) is 4.79 Å². The van der Waals surface area contributed by atoms with Crippen LogP contribution in [0.3, 0.4) is 0 Å². The summed E-state index contributed by atoms with van der Waals surface area (Å²) in [5.74, 6) is -1.53. The average molecular weight is 265 g/mol. The van der Waals surface area contributed by atoms with Crippen LogP contribution in [0.4, 0.5) is 0 Å². The number of amides is 1. The van der Waals surface area contributed by atoms with Crippen molar-refractivity contribution >= 4 is 11.9 Å². The summed E-state index contributed by atoms with van der Waals surface area (Å²) in [5.41, 5.74) is -0.334.